The normalized spacial score (nSPS) is 15.9. The van der Waals surface area contributed by atoms with Crippen LogP contribution >= 0.6 is 34.5 Å². The number of rotatable bonds is 5. The molecule has 0 N–H and O–H groups in total. The number of hydrogen-bond donors (Lipinski definition) is 0. The van der Waals surface area contributed by atoms with Gasteiger partial charge in [-0.2, -0.15) is 5.26 Å². The molecule has 3 aromatic rings. The average molecular weight is 497 g/mol. The summed E-state index contributed by atoms with van der Waals surface area (Å²) in [6.45, 7) is 7.28. The molecule has 0 amide bonds. The Morgan fingerprint density at radius 1 is 1.18 bits per heavy atom. The fraction of sp³-hybridized carbons (Fsp3) is 0.333. The lowest BCUT2D eigenvalue weighted by Crippen LogP contribution is -2.26. The van der Waals surface area contributed by atoms with Gasteiger partial charge >= 0.3 is 0 Å². The number of nitrogens with zero attached hydrogens (tertiary/aromatic N) is 2. The van der Waals surface area contributed by atoms with E-state index in [1.807, 2.05) is 36.5 Å². The van der Waals surface area contributed by atoms with E-state index < -0.39 is 0 Å². The number of thiophene rings is 1. The van der Waals surface area contributed by atoms with Gasteiger partial charge in [0.05, 0.1) is 5.56 Å². The van der Waals surface area contributed by atoms with E-state index in [1.54, 1.807) is 23.5 Å². The van der Waals surface area contributed by atoms with Crippen molar-refractivity contribution in [3.05, 3.63) is 79.6 Å². The molecular weight excluding hydrogens is 471 g/mol. The molecule has 2 aromatic carbocycles. The van der Waals surface area contributed by atoms with Crippen LogP contribution in [0.5, 0.6) is 5.75 Å². The van der Waals surface area contributed by atoms with Crippen LogP contribution in [0.15, 0.2) is 47.5 Å². The molecule has 4 rings (SSSR count). The maximum Gasteiger partial charge on any atom is 0.134 e. The van der Waals surface area contributed by atoms with Crippen LogP contribution in [0.25, 0.3) is 0 Å². The SMILES string of the molecule is CC(C)(C)[C@H]1CCc2c(sc(N=Cc3ccc(OCc4ccc(Cl)cc4Cl)cc3)c2C#N)C1. The Morgan fingerprint density at radius 2 is 1.94 bits per heavy atom. The molecule has 1 heterocycles. The van der Waals surface area contributed by atoms with Crippen LogP contribution in [0.4, 0.5) is 5.00 Å². The minimum atomic E-state index is 0.278. The van der Waals surface area contributed by atoms with Gasteiger partial charge < -0.3 is 4.74 Å². The van der Waals surface area contributed by atoms with E-state index >= 15 is 0 Å². The molecule has 0 radical (unpaired) electrons. The lowest BCUT2D eigenvalue weighted by molar-refractivity contribution is 0.218. The van der Waals surface area contributed by atoms with Crippen LogP contribution in [-0.4, -0.2) is 6.21 Å². The van der Waals surface area contributed by atoms with Crippen molar-refractivity contribution in [3.8, 4) is 11.8 Å². The molecule has 0 fully saturated rings. The molecule has 170 valence electrons. The number of benzene rings is 2. The highest BCUT2D eigenvalue weighted by Crippen LogP contribution is 2.44. The summed E-state index contributed by atoms with van der Waals surface area (Å²) in [7, 11) is 0. The van der Waals surface area contributed by atoms with E-state index in [0.29, 0.717) is 22.6 Å². The quantitative estimate of drug-likeness (QED) is 0.332. The maximum atomic E-state index is 9.76. The first kappa shape index (κ1) is 23.8. The molecule has 6 heteroatoms. The maximum absolute atomic E-state index is 9.76. The van der Waals surface area contributed by atoms with Crippen molar-refractivity contribution in [2.24, 2.45) is 16.3 Å². The highest BCUT2D eigenvalue weighted by molar-refractivity contribution is 7.16. The first-order valence-corrected chi connectivity index (χ1v) is 12.6. The zero-order valence-electron chi connectivity index (χ0n) is 19.0. The van der Waals surface area contributed by atoms with Gasteiger partial charge in [0.15, 0.2) is 0 Å². The van der Waals surface area contributed by atoms with E-state index in [2.05, 4.69) is 31.8 Å². The topological polar surface area (TPSA) is 45.4 Å². The van der Waals surface area contributed by atoms with E-state index in [-0.39, 0.29) is 5.41 Å². The Labute approximate surface area is 209 Å². The minimum absolute atomic E-state index is 0.278. The second-order valence-electron chi connectivity index (χ2n) is 9.45. The Balaban J connectivity index is 1.44. The van der Waals surface area contributed by atoms with Gasteiger partial charge in [0.2, 0.25) is 0 Å². The highest BCUT2D eigenvalue weighted by atomic mass is 35.5. The Morgan fingerprint density at radius 3 is 2.61 bits per heavy atom. The molecule has 1 atom stereocenters. The molecule has 0 saturated carbocycles. The van der Waals surface area contributed by atoms with Crippen molar-refractivity contribution in [3.63, 3.8) is 0 Å². The van der Waals surface area contributed by atoms with Crippen LogP contribution in [0, 0.1) is 22.7 Å². The van der Waals surface area contributed by atoms with Gasteiger partial charge in [-0.25, -0.2) is 4.99 Å². The molecule has 1 aliphatic carbocycles. The summed E-state index contributed by atoms with van der Waals surface area (Å²) < 4.78 is 5.85. The summed E-state index contributed by atoms with van der Waals surface area (Å²) in [6.07, 6.45) is 4.96. The van der Waals surface area contributed by atoms with E-state index in [0.717, 1.165) is 46.7 Å². The van der Waals surface area contributed by atoms with Crippen LogP contribution in [0.2, 0.25) is 10.0 Å². The first-order valence-electron chi connectivity index (χ1n) is 11.0. The predicted octanol–water partition coefficient (Wildman–Crippen LogP) is 8.41. The van der Waals surface area contributed by atoms with Crippen molar-refractivity contribution in [2.45, 2.75) is 46.6 Å². The fourth-order valence-corrected chi connectivity index (χ4v) is 5.78. The van der Waals surface area contributed by atoms with Gasteiger partial charge in [-0.05, 0) is 78.1 Å². The molecule has 0 spiro atoms. The summed E-state index contributed by atoms with van der Waals surface area (Å²) in [5.74, 6) is 1.39. The molecule has 3 nitrogen and oxygen atoms in total. The second kappa shape index (κ2) is 9.89. The van der Waals surface area contributed by atoms with Crippen molar-refractivity contribution in [1.29, 1.82) is 5.26 Å². The number of nitriles is 1. The zero-order chi connectivity index (χ0) is 23.6. The fourth-order valence-electron chi connectivity index (χ4n) is 4.10. The van der Waals surface area contributed by atoms with Gasteiger partial charge in [-0.3, -0.25) is 0 Å². The largest absolute Gasteiger partial charge is 0.489 e. The number of halogens is 2. The molecule has 0 saturated heterocycles. The lowest BCUT2D eigenvalue weighted by atomic mass is 9.72. The van der Waals surface area contributed by atoms with E-state index in [9.17, 15) is 5.26 Å². The number of hydrogen-bond acceptors (Lipinski definition) is 4. The molecule has 0 unspecified atom stereocenters. The molecule has 0 aliphatic heterocycles. The van der Waals surface area contributed by atoms with Crippen molar-refractivity contribution < 1.29 is 4.74 Å². The van der Waals surface area contributed by atoms with Gasteiger partial charge in [-0.1, -0.05) is 50.0 Å². The molecule has 0 bridgehead atoms. The molecular formula is C27H26Cl2N2OS. The predicted molar refractivity (Wildman–Crippen MR) is 138 cm³/mol. The second-order valence-corrected chi connectivity index (χ2v) is 11.4. The molecule has 33 heavy (non-hydrogen) atoms. The van der Waals surface area contributed by atoms with Crippen LogP contribution in [-0.2, 0) is 19.4 Å². The van der Waals surface area contributed by atoms with Crippen molar-refractivity contribution in [1.82, 2.24) is 0 Å². The van der Waals surface area contributed by atoms with E-state index in [1.165, 1.54) is 10.4 Å². The van der Waals surface area contributed by atoms with Gasteiger partial charge in [0, 0.05) is 26.7 Å². The summed E-state index contributed by atoms with van der Waals surface area (Å²) in [6, 6.07) is 15.5. The Bertz CT molecular complexity index is 1220. The third-order valence-electron chi connectivity index (χ3n) is 6.20. The standard InChI is InChI=1S/C27H26Cl2N2OS/c1-27(2,3)19-7-11-22-23(14-30)26(33-25(22)12-19)31-15-17-4-9-21(10-5-17)32-16-18-6-8-20(28)13-24(18)29/h4-6,8-10,13,15,19H,7,11-12,16H2,1-3H3/t19-/m0/s1. The van der Waals surface area contributed by atoms with Gasteiger partial charge in [0.1, 0.15) is 23.4 Å². The Kier molecular flexibility index (Phi) is 7.14. The lowest BCUT2D eigenvalue weighted by Gasteiger charge is -2.33. The third kappa shape index (κ3) is 5.61. The van der Waals surface area contributed by atoms with Crippen LogP contribution in [0.3, 0.4) is 0 Å². The summed E-state index contributed by atoms with van der Waals surface area (Å²) in [5.41, 5.74) is 4.07. The summed E-state index contributed by atoms with van der Waals surface area (Å²) in [5, 5.41) is 11.8. The van der Waals surface area contributed by atoms with Crippen LogP contribution in [0.1, 0.15) is 54.3 Å². The summed E-state index contributed by atoms with van der Waals surface area (Å²) >= 11 is 13.8. The van der Waals surface area contributed by atoms with Gasteiger partial charge in [0.25, 0.3) is 0 Å². The smallest absolute Gasteiger partial charge is 0.134 e. The Hall–Kier alpha value is -2.32. The van der Waals surface area contributed by atoms with Crippen LogP contribution < -0.4 is 4.74 Å². The average Bonchev–Trinajstić information content (AvgIpc) is 3.14. The number of fused-ring (bicyclic) bond motifs is 1. The highest BCUT2D eigenvalue weighted by Gasteiger charge is 2.32. The molecule has 1 aliphatic rings. The minimum Gasteiger partial charge on any atom is -0.489 e. The summed E-state index contributed by atoms with van der Waals surface area (Å²) in [4.78, 5) is 6.01. The van der Waals surface area contributed by atoms with Crippen molar-refractivity contribution >= 4 is 45.8 Å². The molecule has 1 aromatic heterocycles. The van der Waals surface area contributed by atoms with Gasteiger partial charge in [-0.15, -0.1) is 11.3 Å². The third-order valence-corrected chi connectivity index (χ3v) is 7.95. The first-order chi connectivity index (χ1) is 15.7. The number of aliphatic imine (C=N–C) groups is 1. The zero-order valence-corrected chi connectivity index (χ0v) is 21.3. The van der Waals surface area contributed by atoms with Crippen molar-refractivity contribution in [2.75, 3.05) is 0 Å². The van der Waals surface area contributed by atoms with E-state index in [4.69, 9.17) is 27.9 Å². The monoisotopic (exact) mass is 496 g/mol. The number of ether oxygens (including phenoxy) is 1.